The van der Waals surface area contributed by atoms with Gasteiger partial charge in [0.05, 0.1) is 5.39 Å². The van der Waals surface area contributed by atoms with E-state index in [9.17, 15) is 19.1 Å². The van der Waals surface area contributed by atoms with Gasteiger partial charge in [0, 0.05) is 36.9 Å². The summed E-state index contributed by atoms with van der Waals surface area (Å²) in [6.07, 6.45) is 1.31. The molecule has 2 aromatic rings. The molecular formula is C19H23FN4O3. The number of piperazine rings is 1. The highest BCUT2D eigenvalue weighted by Crippen LogP contribution is 2.35. The third-order valence-corrected chi connectivity index (χ3v) is 5.76. The van der Waals surface area contributed by atoms with E-state index in [1.54, 1.807) is 4.57 Å². The van der Waals surface area contributed by atoms with Crippen LogP contribution in [-0.2, 0) is 5.54 Å². The largest absolute Gasteiger partial charge is 0.477 e. The second-order valence-corrected chi connectivity index (χ2v) is 8.48. The van der Waals surface area contributed by atoms with Crippen LogP contribution in [0.25, 0.3) is 11.0 Å². The van der Waals surface area contributed by atoms with Crippen molar-refractivity contribution in [1.82, 2.24) is 14.9 Å². The van der Waals surface area contributed by atoms with Crippen LogP contribution in [0.15, 0.2) is 17.1 Å². The number of fused-ring (bicyclic) bond motifs is 3. The Balaban J connectivity index is 1.97. The first-order valence-corrected chi connectivity index (χ1v) is 9.09. The summed E-state index contributed by atoms with van der Waals surface area (Å²) >= 11 is 0. The monoisotopic (exact) mass is 374 g/mol. The molecule has 2 bridgehead atoms. The summed E-state index contributed by atoms with van der Waals surface area (Å²) in [5.74, 6) is -1.31. The lowest BCUT2D eigenvalue weighted by Gasteiger charge is -2.30. The highest BCUT2D eigenvalue weighted by Gasteiger charge is 2.45. The summed E-state index contributed by atoms with van der Waals surface area (Å²) in [4.78, 5) is 30.6. The Kier molecular flexibility index (Phi) is 3.82. The Morgan fingerprint density at radius 2 is 2.11 bits per heavy atom. The van der Waals surface area contributed by atoms with Crippen molar-refractivity contribution in [2.45, 2.75) is 45.3 Å². The van der Waals surface area contributed by atoms with Crippen LogP contribution in [0.2, 0.25) is 0 Å². The van der Waals surface area contributed by atoms with E-state index in [0.717, 1.165) is 12.6 Å². The standard InChI is InChI=1S/C19H23FN4O3/c1-9-13-8-23(14(9)6-21-13)17-12(20)5-10-15(25)11(18(26)27)7-24(16(10)22-17)19(2,3)4/h5,7,9,13-14,21H,6,8H2,1-4H3,(H,26,27). The van der Waals surface area contributed by atoms with Gasteiger partial charge in [0.1, 0.15) is 11.2 Å². The Bertz CT molecular complexity index is 1010. The van der Waals surface area contributed by atoms with Crippen molar-refractivity contribution < 1.29 is 14.3 Å². The molecule has 2 saturated heterocycles. The number of nitrogens with zero attached hydrogens (tertiary/aromatic N) is 3. The van der Waals surface area contributed by atoms with E-state index < -0.39 is 22.8 Å². The first kappa shape index (κ1) is 17.9. The lowest BCUT2D eigenvalue weighted by atomic mass is 10.0. The summed E-state index contributed by atoms with van der Waals surface area (Å²) in [5.41, 5.74) is -1.33. The maximum Gasteiger partial charge on any atom is 0.341 e. The molecule has 4 heterocycles. The summed E-state index contributed by atoms with van der Waals surface area (Å²) in [6, 6.07) is 1.59. The molecular weight excluding hydrogens is 351 g/mol. The number of aromatic carboxylic acids is 1. The fourth-order valence-corrected chi connectivity index (χ4v) is 4.21. The molecule has 27 heavy (non-hydrogen) atoms. The quantitative estimate of drug-likeness (QED) is 0.833. The Labute approximate surface area is 155 Å². The van der Waals surface area contributed by atoms with Crippen LogP contribution in [0.3, 0.4) is 0 Å². The van der Waals surface area contributed by atoms with Gasteiger partial charge < -0.3 is 19.9 Å². The van der Waals surface area contributed by atoms with Crippen LogP contribution in [0.5, 0.6) is 0 Å². The Morgan fingerprint density at radius 1 is 1.41 bits per heavy atom. The molecule has 0 saturated carbocycles. The van der Waals surface area contributed by atoms with Gasteiger partial charge in [-0.15, -0.1) is 0 Å². The highest BCUT2D eigenvalue weighted by atomic mass is 19.1. The number of carboxylic acids is 1. The predicted octanol–water partition coefficient (Wildman–Crippen LogP) is 1.79. The van der Waals surface area contributed by atoms with Crippen LogP contribution in [0.1, 0.15) is 38.1 Å². The van der Waals surface area contributed by atoms with Crippen LogP contribution in [-0.4, -0.2) is 45.8 Å². The van der Waals surface area contributed by atoms with E-state index in [1.807, 2.05) is 25.7 Å². The molecule has 2 aliphatic rings. The summed E-state index contributed by atoms with van der Waals surface area (Å²) in [5, 5.41) is 12.8. The zero-order valence-electron chi connectivity index (χ0n) is 15.8. The van der Waals surface area contributed by atoms with Crippen LogP contribution >= 0.6 is 0 Å². The van der Waals surface area contributed by atoms with E-state index in [0.29, 0.717) is 24.2 Å². The summed E-state index contributed by atoms with van der Waals surface area (Å²) in [6.45, 7) is 9.23. The van der Waals surface area contributed by atoms with Crippen molar-refractivity contribution in [2.75, 3.05) is 18.0 Å². The van der Waals surface area contributed by atoms with Gasteiger partial charge in [-0.2, -0.15) is 0 Å². The number of hydrogen-bond donors (Lipinski definition) is 2. The smallest absolute Gasteiger partial charge is 0.341 e. The SMILES string of the molecule is CC1C2CN(c3nc4c(cc3F)c(=O)c(C(=O)O)cn4C(C)(C)C)C1CN2. The molecule has 144 valence electrons. The molecule has 0 amide bonds. The second-order valence-electron chi connectivity index (χ2n) is 8.48. The predicted molar refractivity (Wildman–Crippen MR) is 100 cm³/mol. The van der Waals surface area contributed by atoms with E-state index in [-0.39, 0.29) is 22.8 Å². The van der Waals surface area contributed by atoms with E-state index in [2.05, 4.69) is 17.2 Å². The highest BCUT2D eigenvalue weighted by molar-refractivity contribution is 5.92. The molecule has 0 aliphatic carbocycles. The molecule has 7 nitrogen and oxygen atoms in total. The summed E-state index contributed by atoms with van der Waals surface area (Å²) < 4.78 is 16.6. The van der Waals surface area contributed by atoms with Crippen molar-refractivity contribution in [1.29, 1.82) is 0 Å². The molecule has 2 fully saturated rings. The molecule has 3 atom stereocenters. The van der Waals surface area contributed by atoms with Gasteiger partial charge in [0.25, 0.3) is 0 Å². The minimum absolute atomic E-state index is 0.0124. The lowest BCUT2D eigenvalue weighted by Crippen LogP contribution is -2.44. The number of aromatic nitrogens is 2. The zero-order valence-corrected chi connectivity index (χ0v) is 15.8. The molecule has 0 aromatic carbocycles. The molecule has 0 radical (unpaired) electrons. The van der Waals surface area contributed by atoms with Crippen molar-refractivity contribution in [3.63, 3.8) is 0 Å². The van der Waals surface area contributed by atoms with Crippen LogP contribution in [0, 0.1) is 11.7 Å². The van der Waals surface area contributed by atoms with Crippen molar-refractivity contribution >= 4 is 22.8 Å². The third kappa shape index (κ3) is 2.62. The van der Waals surface area contributed by atoms with Gasteiger partial charge in [-0.1, -0.05) is 6.92 Å². The normalized spacial score (nSPS) is 24.8. The molecule has 4 rings (SSSR count). The Hall–Kier alpha value is -2.48. The minimum atomic E-state index is -1.33. The number of carbonyl (C=O) groups is 1. The van der Waals surface area contributed by atoms with Crippen molar-refractivity contribution in [2.24, 2.45) is 5.92 Å². The fourth-order valence-electron chi connectivity index (χ4n) is 4.21. The number of carboxylic acid groups (broad SMARTS) is 1. The molecule has 2 N–H and O–H groups in total. The van der Waals surface area contributed by atoms with Crippen molar-refractivity contribution in [3.05, 3.63) is 33.9 Å². The van der Waals surface area contributed by atoms with Crippen molar-refractivity contribution in [3.8, 4) is 0 Å². The van der Waals surface area contributed by atoms with Gasteiger partial charge in [-0.05, 0) is 32.8 Å². The molecule has 8 heteroatoms. The zero-order chi connectivity index (χ0) is 19.7. The van der Waals surface area contributed by atoms with Gasteiger partial charge >= 0.3 is 5.97 Å². The third-order valence-electron chi connectivity index (χ3n) is 5.76. The number of hydrogen-bond acceptors (Lipinski definition) is 5. The molecule has 0 spiro atoms. The van der Waals surface area contributed by atoms with Gasteiger partial charge in [-0.3, -0.25) is 4.79 Å². The number of pyridine rings is 2. The van der Waals surface area contributed by atoms with Crippen LogP contribution < -0.4 is 15.6 Å². The molecule has 2 aliphatic heterocycles. The first-order chi connectivity index (χ1) is 12.6. The molecule has 3 unspecified atom stereocenters. The van der Waals surface area contributed by atoms with E-state index in [4.69, 9.17) is 0 Å². The van der Waals surface area contributed by atoms with E-state index >= 15 is 0 Å². The van der Waals surface area contributed by atoms with Gasteiger partial charge in [-0.25, -0.2) is 14.2 Å². The number of nitrogens with one attached hydrogen (secondary N) is 1. The first-order valence-electron chi connectivity index (χ1n) is 9.09. The fraction of sp³-hybridized carbons (Fsp3) is 0.526. The number of rotatable bonds is 2. The topological polar surface area (TPSA) is 87.5 Å². The van der Waals surface area contributed by atoms with Crippen LogP contribution in [0.4, 0.5) is 10.2 Å². The maximum atomic E-state index is 14.9. The average molecular weight is 374 g/mol. The van der Waals surface area contributed by atoms with Gasteiger partial charge in [0.2, 0.25) is 5.43 Å². The maximum absolute atomic E-state index is 14.9. The van der Waals surface area contributed by atoms with Gasteiger partial charge in [0.15, 0.2) is 11.6 Å². The second kappa shape index (κ2) is 5.76. The average Bonchev–Trinajstić information content (AvgIpc) is 3.08. The molecule has 2 aromatic heterocycles. The minimum Gasteiger partial charge on any atom is -0.477 e. The summed E-state index contributed by atoms with van der Waals surface area (Å²) in [7, 11) is 0. The number of anilines is 1. The lowest BCUT2D eigenvalue weighted by molar-refractivity contribution is 0.0694. The Morgan fingerprint density at radius 3 is 2.63 bits per heavy atom. The number of halogens is 1. The van der Waals surface area contributed by atoms with E-state index in [1.165, 1.54) is 6.20 Å².